The second-order valence-corrected chi connectivity index (χ2v) is 2.72. The molecule has 66 valence electrons. The van der Waals surface area contributed by atoms with Crippen LogP contribution in [0.4, 0.5) is 0 Å². The number of hydrogen-bond acceptors (Lipinski definition) is 3. The van der Waals surface area contributed by atoms with Crippen LogP contribution in [0.3, 0.4) is 0 Å². The van der Waals surface area contributed by atoms with E-state index in [4.69, 9.17) is 5.73 Å². The number of carbonyl (C=O) groups excluding carboxylic acids is 1. The molecular formula is C7H17N3O. The molecule has 0 aliphatic rings. The van der Waals surface area contributed by atoms with Crippen LogP contribution in [0.25, 0.3) is 0 Å². The summed E-state index contributed by atoms with van der Waals surface area (Å²) in [6.07, 6.45) is 0. The van der Waals surface area contributed by atoms with Crippen LogP contribution in [0.5, 0.6) is 0 Å². The molecule has 0 rings (SSSR count). The average molecular weight is 159 g/mol. The van der Waals surface area contributed by atoms with Crippen molar-refractivity contribution in [1.29, 1.82) is 0 Å². The summed E-state index contributed by atoms with van der Waals surface area (Å²) in [5.74, 6) is -0.105. The van der Waals surface area contributed by atoms with Gasteiger partial charge >= 0.3 is 0 Å². The molecule has 1 unspecified atom stereocenters. The van der Waals surface area contributed by atoms with Gasteiger partial charge in [0.05, 0.1) is 6.04 Å². The fraction of sp³-hybridized carbons (Fsp3) is 0.857. The number of rotatable bonds is 4. The maximum Gasteiger partial charge on any atom is 0.236 e. The van der Waals surface area contributed by atoms with Gasteiger partial charge in [0.1, 0.15) is 0 Å². The molecule has 0 heterocycles. The summed E-state index contributed by atoms with van der Waals surface area (Å²) >= 11 is 0. The van der Waals surface area contributed by atoms with Crippen molar-refractivity contribution >= 4 is 5.91 Å². The predicted octanol–water partition coefficient (Wildman–Crippen LogP) is -0.942. The molecule has 0 aromatic heterocycles. The maximum atomic E-state index is 10.9. The number of amides is 1. The standard InChI is InChI=1S/C7H17N3O/c1-5(9-3)4-10-7(11)6(2)8/h5-6,9H,4,8H2,1-3H3,(H,10,11)/t5?,6-/m0/s1. The third-order valence-electron chi connectivity index (χ3n) is 1.49. The molecule has 0 bridgehead atoms. The quantitative estimate of drug-likeness (QED) is 0.496. The van der Waals surface area contributed by atoms with E-state index in [9.17, 15) is 4.79 Å². The molecule has 0 spiro atoms. The first-order chi connectivity index (χ1) is 5.07. The van der Waals surface area contributed by atoms with Gasteiger partial charge in [-0.3, -0.25) is 4.79 Å². The van der Waals surface area contributed by atoms with Gasteiger partial charge in [-0.1, -0.05) is 0 Å². The van der Waals surface area contributed by atoms with Crippen LogP contribution in [0.1, 0.15) is 13.8 Å². The lowest BCUT2D eigenvalue weighted by Gasteiger charge is -2.12. The molecule has 0 aliphatic carbocycles. The molecule has 0 aromatic carbocycles. The molecule has 2 atom stereocenters. The van der Waals surface area contributed by atoms with E-state index in [1.807, 2.05) is 14.0 Å². The molecule has 4 N–H and O–H groups in total. The van der Waals surface area contributed by atoms with Crippen LogP contribution in [-0.4, -0.2) is 31.6 Å². The van der Waals surface area contributed by atoms with Gasteiger partial charge in [0.25, 0.3) is 0 Å². The minimum atomic E-state index is -0.418. The Morgan fingerprint density at radius 2 is 2.09 bits per heavy atom. The predicted molar refractivity (Wildman–Crippen MR) is 45.2 cm³/mol. The van der Waals surface area contributed by atoms with E-state index in [1.165, 1.54) is 0 Å². The molecule has 0 saturated carbocycles. The highest BCUT2D eigenvalue weighted by Crippen LogP contribution is 1.78. The zero-order valence-corrected chi connectivity index (χ0v) is 7.35. The number of likely N-dealkylation sites (N-methyl/N-ethyl adjacent to an activating group) is 1. The molecule has 0 fully saturated rings. The fourth-order valence-corrected chi connectivity index (χ4v) is 0.517. The highest BCUT2D eigenvalue weighted by Gasteiger charge is 2.06. The summed E-state index contributed by atoms with van der Waals surface area (Å²) in [5, 5.41) is 5.71. The van der Waals surface area contributed by atoms with Gasteiger partial charge < -0.3 is 16.4 Å². The van der Waals surface area contributed by atoms with Crippen molar-refractivity contribution < 1.29 is 4.79 Å². The lowest BCUT2D eigenvalue weighted by molar-refractivity contribution is -0.122. The van der Waals surface area contributed by atoms with E-state index in [0.717, 1.165) is 0 Å². The smallest absolute Gasteiger partial charge is 0.236 e. The van der Waals surface area contributed by atoms with Gasteiger partial charge in [-0.25, -0.2) is 0 Å². The van der Waals surface area contributed by atoms with Crippen LogP contribution < -0.4 is 16.4 Å². The third kappa shape index (κ3) is 4.75. The van der Waals surface area contributed by atoms with Crippen molar-refractivity contribution in [1.82, 2.24) is 10.6 Å². The van der Waals surface area contributed by atoms with Crippen molar-refractivity contribution in [2.75, 3.05) is 13.6 Å². The zero-order chi connectivity index (χ0) is 8.85. The average Bonchev–Trinajstić information content (AvgIpc) is 1.99. The van der Waals surface area contributed by atoms with Gasteiger partial charge in [0.15, 0.2) is 0 Å². The minimum absolute atomic E-state index is 0.105. The van der Waals surface area contributed by atoms with Gasteiger partial charge in [-0.05, 0) is 20.9 Å². The molecule has 0 aliphatic heterocycles. The van der Waals surface area contributed by atoms with Crippen LogP contribution in [0.15, 0.2) is 0 Å². The van der Waals surface area contributed by atoms with E-state index < -0.39 is 6.04 Å². The van der Waals surface area contributed by atoms with Crippen molar-refractivity contribution in [2.45, 2.75) is 25.9 Å². The Balaban J connectivity index is 3.46. The third-order valence-corrected chi connectivity index (χ3v) is 1.49. The van der Waals surface area contributed by atoms with E-state index in [2.05, 4.69) is 10.6 Å². The highest BCUT2D eigenvalue weighted by atomic mass is 16.2. The lowest BCUT2D eigenvalue weighted by atomic mass is 10.3. The van der Waals surface area contributed by atoms with Crippen molar-refractivity contribution in [3.05, 3.63) is 0 Å². The van der Waals surface area contributed by atoms with Gasteiger partial charge in [-0.15, -0.1) is 0 Å². The molecule has 11 heavy (non-hydrogen) atoms. The van der Waals surface area contributed by atoms with E-state index >= 15 is 0 Å². The van der Waals surface area contributed by atoms with E-state index in [-0.39, 0.29) is 11.9 Å². The zero-order valence-electron chi connectivity index (χ0n) is 7.35. The summed E-state index contributed by atoms with van der Waals surface area (Å²) < 4.78 is 0. The monoisotopic (exact) mass is 159 g/mol. The van der Waals surface area contributed by atoms with Crippen molar-refractivity contribution in [3.63, 3.8) is 0 Å². The van der Waals surface area contributed by atoms with Crippen LogP contribution >= 0.6 is 0 Å². The Kier molecular flexibility index (Phi) is 4.81. The normalized spacial score (nSPS) is 15.6. The van der Waals surface area contributed by atoms with Gasteiger partial charge in [-0.2, -0.15) is 0 Å². The van der Waals surface area contributed by atoms with E-state index in [1.54, 1.807) is 6.92 Å². The first kappa shape index (κ1) is 10.4. The largest absolute Gasteiger partial charge is 0.353 e. The molecule has 0 radical (unpaired) electrons. The Labute approximate surface area is 67.5 Å². The van der Waals surface area contributed by atoms with Crippen molar-refractivity contribution in [2.24, 2.45) is 5.73 Å². The molecule has 0 saturated heterocycles. The van der Waals surface area contributed by atoms with Crippen LogP contribution in [0, 0.1) is 0 Å². The Bertz CT molecular complexity index is 125. The Morgan fingerprint density at radius 3 is 2.45 bits per heavy atom. The Hall–Kier alpha value is -0.610. The van der Waals surface area contributed by atoms with Crippen molar-refractivity contribution in [3.8, 4) is 0 Å². The molecule has 0 aromatic rings. The first-order valence-corrected chi connectivity index (χ1v) is 3.78. The minimum Gasteiger partial charge on any atom is -0.353 e. The second-order valence-electron chi connectivity index (χ2n) is 2.72. The van der Waals surface area contributed by atoms with Gasteiger partial charge in [0, 0.05) is 12.6 Å². The summed E-state index contributed by atoms with van der Waals surface area (Å²) in [6.45, 7) is 4.28. The number of hydrogen-bond donors (Lipinski definition) is 3. The topological polar surface area (TPSA) is 67.1 Å². The maximum absolute atomic E-state index is 10.9. The summed E-state index contributed by atoms with van der Waals surface area (Å²) in [5.41, 5.74) is 5.33. The summed E-state index contributed by atoms with van der Waals surface area (Å²) in [6, 6.07) is -0.128. The highest BCUT2D eigenvalue weighted by molar-refractivity contribution is 5.80. The number of nitrogens with two attached hydrogens (primary N) is 1. The Morgan fingerprint density at radius 1 is 1.55 bits per heavy atom. The molecule has 1 amide bonds. The van der Waals surface area contributed by atoms with Crippen LogP contribution in [-0.2, 0) is 4.79 Å². The molecule has 4 heteroatoms. The molecular weight excluding hydrogens is 142 g/mol. The molecule has 4 nitrogen and oxygen atoms in total. The second kappa shape index (κ2) is 5.09. The number of carbonyl (C=O) groups is 1. The summed E-state index contributed by atoms with van der Waals surface area (Å²) in [7, 11) is 1.85. The van der Waals surface area contributed by atoms with Gasteiger partial charge in [0.2, 0.25) is 5.91 Å². The SMILES string of the molecule is CNC(C)CNC(=O)[C@H](C)N. The number of nitrogens with one attached hydrogen (secondary N) is 2. The summed E-state index contributed by atoms with van der Waals surface area (Å²) in [4.78, 5) is 10.9. The fourth-order valence-electron chi connectivity index (χ4n) is 0.517. The first-order valence-electron chi connectivity index (χ1n) is 3.78. The lowest BCUT2D eigenvalue weighted by Crippen LogP contribution is -2.43. The van der Waals surface area contributed by atoms with E-state index in [0.29, 0.717) is 6.54 Å². The van der Waals surface area contributed by atoms with Crippen LogP contribution in [0.2, 0.25) is 0 Å².